The highest BCUT2D eigenvalue weighted by molar-refractivity contribution is 9.10. The average Bonchev–Trinajstić information content (AvgIpc) is 2.48. The molecule has 1 rings (SSSR count). The molecule has 0 saturated carbocycles. The first-order valence-corrected chi connectivity index (χ1v) is 8.48. The first-order chi connectivity index (χ1) is 9.99. The second-order valence-corrected chi connectivity index (χ2v) is 6.33. The third-order valence-electron chi connectivity index (χ3n) is 3.91. The van der Waals surface area contributed by atoms with E-state index < -0.39 is 5.54 Å². The van der Waals surface area contributed by atoms with Gasteiger partial charge in [-0.3, -0.25) is 0 Å². The van der Waals surface area contributed by atoms with E-state index in [0.717, 1.165) is 23.0 Å². The zero-order valence-electron chi connectivity index (χ0n) is 13.4. The van der Waals surface area contributed by atoms with Crippen LogP contribution in [0.15, 0.2) is 28.7 Å². The number of para-hydroxylation sites is 1. The number of carbonyl (C=O) groups excluding carboxylic acids is 1. The maximum absolute atomic E-state index is 12.6. The molecule has 0 amide bonds. The Morgan fingerprint density at radius 1 is 1.33 bits per heavy atom. The normalized spacial score (nSPS) is 15.1. The number of hydrogen-bond acceptors (Lipinski definition) is 3. The molecule has 0 aromatic heterocycles. The van der Waals surface area contributed by atoms with Crippen molar-refractivity contribution in [3.8, 4) is 0 Å². The number of benzene rings is 1. The van der Waals surface area contributed by atoms with E-state index in [2.05, 4.69) is 35.1 Å². The Morgan fingerprint density at radius 3 is 2.52 bits per heavy atom. The Morgan fingerprint density at radius 2 is 2.00 bits per heavy atom. The number of hydrogen-bond donors (Lipinski definition) is 1. The molecule has 1 N–H and O–H groups in total. The van der Waals surface area contributed by atoms with Crippen molar-refractivity contribution in [2.75, 3.05) is 11.9 Å². The fraction of sp³-hybridized carbons (Fsp3) is 0.588. The Kier molecular flexibility index (Phi) is 7.23. The van der Waals surface area contributed by atoms with Gasteiger partial charge in [-0.15, -0.1) is 0 Å². The van der Waals surface area contributed by atoms with Crippen molar-refractivity contribution in [1.29, 1.82) is 0 Å². The Labute approximate surface area is 136 Å². The molecule has 3 nitrogen and oxygen atoms in total. The molecule has 0 spiro atoms. The van der Waals surface area contributed by atoms with Gasteiger partial charge in [-0.2, -0.15) is 0 Å². The van der Waals surface area contributed by atoms with Gasteiger partial charge >= 0.3 is 5.97 Å². The van der Waals surface area contributed by atoms with Crippen LogP contribution < -0.4 is 5.32 Å². The van der Waals surface area contributed by atoms with Gasteiger partial charge in [0.2, 0.25) is 0 Å². The molecule has 0 fully saturated rings. The van der Waals surface area contributed by atoms with E-state index in [9.17, 15) is 4.79 Å². The van der Waals surface area contributed by atoms with Crippen LogP contribution in [0, 0.1) is 5.92 Å². The first kappa shape index (κ1) is 18.0. The van der Waals surface area contributed by atoms with Crippen LogP contribution in [0.25, 0.3) is 0 Å². The van der Waals surface area contributed by atoms with Crippen LogP contribution in [-0.4, -0.2) is 18.1 Å². The molecular weight excluding hydrogens is 330 g/mol. The molecule has 118 valence electrons. The zero-order chi connectivity index (χ0) is 15.9. The summed E-state index contributed by atoms with van der Waals surface area (Å²) in [6.07, 6.45) is 2.50. The van der Waals surface area contributed by atoms with Gasteiger partial charge in [0.05, 0.1) is 6.61 Å². The zero-order valence-corrected chi connectivity index (χ0v) is 15.0. The maximum Gasteiger partial charge on any atom is 0.331 e. The topological polar surface area (TPSA) is 38.3 Å². The summed E-state index contributed by atoms with van der Waals surface area (Å²) in [5.41, 5.74) is 0.255. The van der Waals surface area contributed by atoms with Gasteiger partial charge < -0.3 is 10.1 Å². The summed E-state index contributed by atoms with van der Waals surface area (Å²) in [5.74, 6) is 0.285. The number of nitrogens with one attached hydrogen (secondary N) is 1. The van der Waals surface area contributed by atoms with Gasteiger partial charge in [0.1, 0.15) is 5.54 Å². The minimum absolute atomic E-state index is 0.163. The van der Waals surface area contributed by atoms with Gasteiger partial charge in [-0.05, 0) is 53.7 Å². The van der Waals surface area contributed by atoms with Gasteiger partial charge in [0.25, 0.3) is 0 Å². The fourth-order valence-corrected chi connectivity index (χ4v) is 2.78. The monoisotopic (exact) mass is 355 g/mol. The highest BCUT2D eigenvalue weighted by atomic mass is 79.9. The standard InChI is InChI=1S/C17H26BrNO2/c1-5-13(4)12-17(6-2,16(20)21-7-3)19-15-11-9-8-10-14(15)18/h8-11,13,19H,5-7,12H2,1-4H3. The van der Waals surface area contributed by atoms with Crippen molar-refractivity contribution in [2.45, 2.75) is 52.5 Å². The minimum Gasteiger partial charge on any atom is -0.464 e. The second kappa shape index (κ2) is 8.42. The molecule has 0 aliphatic rings. The third-order valence-corrected chi connectivity index (χ3v) is 4.60. The summed E-state index contributed by atoms with van der Waals surface area (Å²) in [5, 5.41) is 3.44. The Balaban J connectivity index is 3.10. The van der Waals surface area contributed by atoms with Crippen molar-refractivity contribution >= 4 is 27.6 Å². The van der Waals surface area contributed by atoms with Crippen molar-refractivity contribution in [2.24, 2.45) is 5.92 Å². The summed E-state index contributed by atoms with van der Waals surface area (Å²) >= 11 is 3.53. The molecule has 1 aromatic rings. The van der Waals surface area contributed by atoms with Gasteiger partial charge in [0.15, 0.2) is 0 Å². The van der Waals surface area contributed by atoms with E-state index in [1.54, 1.807) is 0 Å². The molecule has 0 aliphatic carbocycles. The molecule has 0 radical (unpaired) electrons. The number of halogens is 1. The minimum atomic E-state index is -0.671. The number of esters is 1. The highest BCUT2D eigenvalue weighted by Crippen LogP contribution is 2.32. The molecule has 2 unspecified atom stereocenters. The number of rotatable bonds is 8. The van der Waals surface area contributed by atoms with Gasteiger partial charge in [0, 0.05) is 10.2 Å². The SMILES string of the molecule is CCOC(=O)C(CC)(CC(C)CC)Nc1ccccc1Br. The molecule has 0 aliphatic heterocycles. The first-order valence-electron chi connectivity index (χ1n) is 7.69. The number of ether oxygens (including phenoxy) is 1. The Hall–Kier alpha value is -1.03. The van der Waals surface area contributed by atoms with E-state index in [1.165, 1.54) is 0 Å². The van der Waals surface area contributed by atoms with Crippen LogP contribution in [0.3, 0.4) is 0 Å². The second-order valence-electron chi connectivity index (χ2n) is 5.48. The van der Waals surface area contributed by atoms with Gasteiger partial charge in [-0.1, -0.05) is 39.3 Å². The lowest BCUT2D eigenvalue weighted by molar-refractivity contribution is -0.149. The number of anilines is 1. The van der Waals surface area contributed by atoms with E-state index in [-0.39, 0.29) is 5.97 Å². The van der Waals surface area contributed by atoms with E-state index >= 15 is 0 Å². The smallest absolute Gasteiger partial charge is 0.331 e. The van der Waals surface area contributed by atoms with Crippen LogP contribution in [0.5, 0.6) is 0 Å². The fourth-order valence-electron chi connectivity index (χ4n) is 2.39. The van der Waals surface area contributed by atoms with Crippen molar-refractivity contribution in [3.63, 3.8) is 0 Å². The van der Waals surface area contributed by atoms with Gasteiger partial charge in [-0.25, -0.2) is 4.79 Å². The predicted octanol–water partition coefficient (Wildman–Crippen LogP) is 5.01. The molecule has 0 heterocycles. The van der Waals surface area contributed by atoms with Crippen molar-refractivity contribution in [3.05, 3.63) is 28.7 Å². The molecule has 1 aromatic carbocycles. The lowest BCUT2D eigenvalue weighted by Crippen LogP contribution is -2.48. The summed E-state index contributed by atoms with van der Waals surface area (Å²) in [6.45, 7) is 8.60. The molecule has 2 atom stereocenters. The molecule has 0 bridgehead atoms. The molecular formula is C17H26BrNO2. The highest BCUT2D eigenvalue weighted by Gasteiger charge is 2.39. The van der Waals surface area contributed by atoms with Crippen LogP contribution in [-0.2, 0) is 9.53 Å². The number of carbonyl (C=O) groups is 1. The van der Waals surface area contributed by atoms with Crippen molar-refractivity contribution < 1.29 is 9.53 Å². The molecule has 4 heteroatoms. The quantitative estimate of drug-likeness (QED) is 0.666. The summed E-state index contributed by atoms with van der Waals surface area (Å²) in [4.78, 5) is 12.6. The lowest BCUT2D eigenvalue weighted by Gasteiger charge is -2.34. The summed E-state index contributed by atoms with van der Waals surface area (Å²) in [6, 6.07) is 7.87. The molecule has 0 saturated heterocycles. The summed E-state index contributed by atoms with van der Waals surface area (Å²) < 4.78 is 6.29. The van der Waals surface area contributed by atoms with Crippen LogP contribution in [0.2, 0.25) is 0 Å². The predicted molar refractivity (Wildman–Crippen MR) is 91.5 cm³/mol. The summed E-state index contributed by atoms with van der Waals surface area (Å²) in [7, 11) is 0. The van der Waals surface area contributed by atoms with Crippen LogP contribution in [0.1, 0.15) is 47.0 Å². The largest absolute Gasteiger partial charge is 0.464 e. The van der Waals surface area contributed by atoms with E-state index in [0.29, 0.717) is 18.9 Å². The van der Waals surface area contributed by atoms with E-state index in [1.807, 2.05) is 38.1 Å². The maximum atomic E-state index is 12.6. The lowest BCUT2D eigenvalue weighted by atomic mass is 9.84. The Bertz CT molecular complexity index is 464. The third kappa shape index (κ3) is 4.73. The molecule has 21 heavy (non-hydrogen) atoms. The van der Waals surface area contributed by atoms with Crippen LogP contribution in [0.4, 0.5) is 5.69 Å². The average molecular weight is 356 g/mol. The van der Waals surface area contributed by atoms with E-state index in [4.69, 9.17) is 4.74 Å². The van der Waals surface area contributed by atoms with Crippen molar-refractivity contribution in [1.82, 2.24) is 0 Å². The van der Waals surface area contributed by atoms with Crippen LogP contribution >= 0.6 is 15.9 Å².